The van der Waals surface area contributed by atoms with Crippen molar-refractivity contribution in [2.45, 2.75) is 0 Å². The fraction of sp³-hybridized carbons (Fsp3) is 1.00. The third-order valence-electron chi connectivity index (χ3n) is 1.85. The Labute approximate surface area is 73.1 Å². The summed E-state index contributed by atoms with van der Waals surface area (Å²) in [6.45, 7) is 2.27. The van der Waals surface area contributed by atoms with Gasteiger partial charge in [-0.1, -0.05) is 0 Å². The van der Waals surface area contributed by atoms with E-state index in [1.54, 1.807) is 0 Å². The maximum Gasteiger partial charge on any atom is 0.152 e. The lowest BCUT2D eigenvalue weighted by Gasteiger charge is -2.25. The predicted molar refractivity (Wildman–Crippen MR) is 48.9 cm³/mol. The molecule has 1 fully saturated rings. The van der Waals surface area contributed by atoms with Gasteiger partial charge in [-0.15, -0.1) is 0 Å². The predicted octanol–water partition coefficient (Wildman–Crippen LogP) is -0.353. The summed E-state index contributed by atoms with van der Waals surface area (Å²) in [5.74, 6) is 1.45. The van der Waals surface area contributed by atoms with Crippen LogP contribution in [0.25, 0.3) is 0 Å². The minimum atomic E-state index is -2.70. The Bertz CT molecular complexity index is 199. The Morgan fingerprint density at radius 1 is 1.27 bits per heavy atom. The van der Waals surface area contributed by atoms with Gasteiger partial charge in [-0.25, -0.2) is 8.42 Å². The summed E-state index contributed by atoms with van der Waals surface area (Å²) < 4.78 is 21.9. The van der Waals surface area contributed by atoms with E-state index in [0.29, 0.717) is 24.6 Å². The average molecular weight is 195 g/mol. The van der Waals surface area contributed by atoms with Crippen LogP contribution in [0.5, 0.6) is 0 Å². The van der Waals surface area contributed by atoms with Crippen molar-refractivity contribution in [1.29, 1.82) is 0 Å². The Hall–Kier alpha value is 0.260. The van der Waals surface area contributed by atoms with Gasteiger partial charge in [0.25, 0.3) is 0 Å². The van der Waals surface area contributed by atoms with E-state index in [9.17, 15) is 8.42 Å². The van der Waals surface area contributed by atoms with Gasteiger partial charge in [-0.05, 0) is 0 Å². The van der Waals surface area contributed by atoms with Crippen molar-refractivity contribution in [3.8, 4) is 0 Å². The first-order valence-electron chi connectivity index (χ1n) is 3.68. The van der Waals surface area contributed by atoms with Gasteiger partial charge in [0.05, 0.1) is 11.5 Å². The maximum atomic E-state index is 11.0. The highest BCUT2D eigenvalue weighted by molar-refractivity contribution is 7.91. The Morgan fingerprint density at radius 2 is 1.82 bits per heavy atom. The molecule has 0 radical (unpaired) electrons. The van der Waals surface area contributed by atoms with Crippen LogP contribution in [0.15, 0.2) is 0 Å². The van der Waals surface area contributed by atoms with Crippen LogP contribution in [0, 0.1) is 0 Å². The van der Waals surface area contributed by atoms with Gasteiger partial charge in [0.15, 0.2) is 9.84 Å². The van der Waals surface area contributed by atoms with Crippen LogP contribution in [-0.4, -0.2) is 50.2 Å². The molecule has 1 aliphatic rings. The first kappa shape index (κ1) is 9.35. The van der Waals surface area contributed by atoms with Crippen molar-refractivity contribution in [1.82, 2.24) is 4.90 Å². The molecule has 66 valence electrons. The van der Waals surface area contributed by atoms with Crippen molar-refractivity contribution >= 4 is 22.5 Å². The molecule has 0 amide bonds. The van der Waals surface area contributed by atoms with E-state index < -0.39 is 9.84 Å². The first-order valence-corrected chi connectivity index (χ1v) is 6.13. The average Bonchev–Trinajstić information content (AvgIpc) is 1.94. The van der Waals surface area contributed by atoms with E-state index in [4.69, 9.17) is 0 Å². The zero-order chi connectivity index (χ0) is 8.32. The molecule has 0 spiro atoms. The van der Waals surface area contributed by atoms with E-state index in [-0.39, 0.29) is 0 Å². The van der Waals surface area contributed by atoms with Crippen molar-refractivity contribution in [2.75, 3.05) is 36.9 Å². The zero-order valence-corrected chi connectivity index (χ0v) is 8.07. The minimum Gasteiger partial charge on any atom is -0.301 e. The smallest absolute Gasteiger partial charge is 0.152 e. The van der Waals surface area contributed by atoms with Gasteiger partial charge in [0.2, 0.25) is 0 Å². The summed E-state index contributed by atoms with van der Waals surface area (Å²) >= 11 is 4.08. The van der Waals surface area contributed by atoms with E-state index in [2.05, 4.69) is 17.5 Å². The second-order valence-electron chi connectivity index (χ2n) is 2.72. The Kier molecular flexibility index (Phi) is 3.21. The van der Waals surface area contributed by atoms with E-state index in [1.165, 1.54) is 0 Å². The third kappa shape index (κ3) is 3.01. The lowest BCUT2D eigenvalue weighted by atomic mass is 10.5. The summed E-state index contributed by atoms with van der Waals surface area (Å²) in [5, 5.41) is 0. The molecule has 0 bridgehead atoms. The van der Waals surface area contributed by atoms with E-state index >= 15 is 0 Å². The highest BCUT2D eigenvalue weighted by atomic mass is 32.2. The summed E-state index contributed by atoms with van der Waals surface area (Å²) in [4.78, 5) is 2.13. The van der Waals surface area contributed by atoms with Crippen LogP contribution in [0.2, 0.25) is 0 Å². The molecule has 1 rings (SSSR count). The van der Waals surface area contributed by atoms with Crippen LogP contribution in [0.3, 0.4) is 0 Å². The quantitative estimate of drug-likeness (QED) is 0.612. The van der Waals surface area contributed by atoms with E-state index in [1.807, 2.05) is 0 Å². The molecule has 0 aromatic heterocycles. The Morgan fingerprint density at radius 3 is 2.27 bits per heavy atom. The normalized spacial score (nSPS) is 25.2. The van der Waals surface area contributed by atoms with Crippen LogP contribution in [0.1, 0.15) is 0 Å². The number of rotatable bonds is 2. The molecule has 1 saturated heterocycles. The monoisotopic (exact) mass is 195 g/mol. The molecular weight excluding hydrogens is 182 g/mol. The van der Waals surface area contributed by atoms with E-state index in [0.717, 1.165) is 12.3 Å². The third-order valence-corrected chi connectivity index (χ3v) is 3.66. The highest BCUT2D eigenvalue weighted by Crippen LogP contribution is 2.02. The molecule has 1 heterocycles. The number of hydrogen-bond donors (Lipinski definition) is 1. The molecule has 5 heteroatoms. The summed E-state index contributed by atoms with van der Waals surface area (Å²) in [6, 6.07) is 0. The van der Waals surface area contributed by atoms with Crippen LogP contribution in [-0.2, 0) is 9.84 Å². The molecule has 0 atom stereocenters. The summed E-state index contributed by atoms with van der Waals surface area (Å²) in [7, 11) is -2.70. The number of nitrogens with zero attached hydrogens (tertiary/aromatic N) is 1. The lowest BCUT2D eigenvalue weighted by molar-refractivity contribution is 0.314. The topological polar surface area (TPSA) is 37.4 Å². The van der Waals surface area contributed by atoms with Gasteiger partial charge in [-0.2, -0.15) is 12.6 Å². The highest BCUT2D eigenvalue weighted by Gasteiger charge is 2.20. The number of thiol groups is 1. The zero-order valence-electron chi connectivity index (χ0n) is 6.36. The standard InChI is InChI=1S/C6H13NO2S2/c8-11(9)5-2-7(1-4-10)3-6-11/h10H,1-6H2. The molecule has 0 aliphatic carbocycles. The summed E-state index contributed by atoms with van der Waals surface area (Å²) in [5.41, 5.74) is 0. The van der Waals surface area contributed by atoms with Crippen molar-refractivity contribution < 1.29 is 8.42 Å². The largest absolute Gasteiger partial charge is 0.301 e. The van der Waals surface area contributed by atoms with Gasteiger partial charge in [-0.3, -0.25) is 0 Å². The van der Waals surface area contributed by atoms with Gasteiger partial charge >= 0.3 is 0 Å². The number of sulfone groups is 1. The fourth-order valence-corrected chi connectivity index (χ4v) is 2.67. The first-order chi connectivity index (χ1) is 5.14. The van der Waals surface area contributed by atoms with Crippen LogP contribution in [0.4, 0.5) is 0 Å². The van der Waals surface area contributed by atoms with Crippen molar-refractivity contribution in [3.05, 3.63) is 0 Å². The molecule has 0 unspecified atom stereocenters. The van der Waals surface area contributed by atoms with Crippen molar-refractivity contribution in [3.63, 3.8) is 0 Å². The molecule has 3 nitrogen and oxygen atoms in total. The van der Waals surface area contributed by atoms with Crippen molar-refractivity contribution in [2.24, 2.45) is 0 Å². The lowest BCUT2D eigenvalue weighted by Crippen LogP contribution is -2.41. The van der Waals surface area contributed by atoms with Gasteiger partial charge < -0.3 is 4.90 Å². The number of hydrogen-bond acceptors (Lipinski definition) is 4. The minimum absolute atomic E-state index is 0.320. The second-order valence-corrected chi connectivity index (χ2v) is 5.47. The summed E-state index contributed by atoms with van der Waals surface area (Å²) in [6.07, 6.45) is 0. The maximum absolute atomic E-state index is 11.0. The second kappa shape index (κ2) is 3.78. The molecule has 0 N–H and O–H groups in total. The Balaban J connectivity index is 2.36. The van der Waals surface area contributed by atoms with Gasteiger partial charge in [0, 0.05) is 25.4 Å². The SMILES string of the molecule is O=S1(=O)CCN(CCS)CC1. The molecular formula is C6H13NO2S2. The fourth-order valence-electron chi connectivity index (χ4n) is 1.12. The van der Waals surface area contributed by atoms with Crippen LogP contribution >= 0.6 is 12.6 Å². The van der Waals surface area contributed by atoms with Crippen LogP contribution < -0.4 is 0 Å². The molecule has 0 aromatic carbocycles. The molecule has 11 heavy (non-hydrogen) atoms. The molecule has 1 aliphatic heterocycles. The molecule has 0 saturated carbocycles. The molecule has 0 aromatic rings. The van der Waals surface area contributed by atoms with Gasteiger partial charge in [0.1, 0.15) is 0 Å².